The third kappa shape index (κ3) is 3.00. The zero-order chi connectivity index (χ0) is 14.9. The maximum atomic E-state index is 6.01. The summed E-state index contributed by atoms with van der Waals surface area (Å²) in [5.41, 5.74) is 1.95. The third-order valence-electron chi connectivity index (χ3n) is 3.41. The lowest BCUT2D eigenvalue weighted by molar-refractivity contribution is 0.135. The summed E-state index contributed by atoms with van der Waals surface area (Å²) in [6.45, 7) is 4.89. The van der Waals surface area contributed by atoms with Gasteiger partial charge in [0.15, 0.2) is 11.5 Å². The van der Waals surface area contributed by atoms with Gasteiger partial charge in [0.25, 0.3) is 0 Å². The summed E-state index contributed by atoms with van der Waals surface area (Å²) in [5.74, 6) is 2.15. The van der Waals surface area contributed by atoms with Gasteiger partial charge in [0.05, 0.1) is 5.69 Å². The lowest BCUT2D eigenvalue weighted by Crippen LogP contribution is -2.24. The van der Waals surface area contributed by atoms with Crippen molar-refractivity contribution in [2.45, 2.75) is 32.4 Å². The van der Waals surface area contributed by atoms with E-state index in [4.69, 9.17) is 9.47 Å². The highest BCUT2D eigenvalue weighted by atomic mass is 16.5. The smallest absolute Gasteiger partial charge is 0.219 e. The number of para-hydroxylation sites is 1. The molecule has 1 aromatic heterocycles. The first kappa shape index (κ1) is 13.9. The molecule has 0 saturated carbocycles. The van der Waals surface area contributed by atoms with Gasteiger partial charge in [-0.3, -0.25) is 0 Å². The summed E-state index contributed by atoms with van der Waals surface area (Å²) in [6.07, 6.45) is 0.896. The largest absolute Gasteiger partial charge is 0.483 e. The summed E-state index contributed by atoms with van der Waals surface area (Å²) >= 11 is 0. The maximum Gasteiger partial charge on any atom is 0.219 e. The molecule has 0 radical (unpaired) electrons. The van der Waals surface area contributed by atoms with Crippen LogP contribution in [0.4, 0.5) is 0 Å². The van der Waals surface area contributed by atoms with Gasteiger partial charge in [-0.25, -0.2) is 4.98 Å². The van der Waals surface area contributed by atoms with Crippen LogP contribution in [-0.2, 0) is 13.0 Å². The first-order valence-electron chi connectivity index (χ1n) is 7.17. The van der Waals surface area contributed by atoms with E-state index in [1.54, 1.807) is 0 Å². The Morgan fingerprint density at radius 2 is 2.05 bits per heavy atom. The molecule has 0 unspecified atom stereocenters. The molecule has 0 amide bonds. The van der Waals surface area contributed by atoms with Gasteiger partial charge in [-0.15, -0.1) is 0 Å². The molecule has 0 fully saturated rings. The molecule has 4 heteroatoms. The highest BCUT2D eigenvalue weighted by molar-refractivity contribution is 5.51. The van der Waals surface area contributed by atoms with Crippen molar-refractivity contribution in [3.8, 4) is 17.4 Å². The SMILES string of the molecule is CNCc1cccc(Oc2cccc3c2OC(C)(C)C3)n1. The first-order valence-corrected chi connectivity index (χ1v) is 7.17. The van der Waals surface area contributed by atoms with Crippen LogP contribution in [0.2, 0.25) is 0 Å². The molecule has 3 rings (SSSR count). The molecule has 1 aliphatic heterocycles. The van der Waals surface area contributed by atoms with Crippen LogP contribution < -0.4 is 14.8 Å². The van der Waals surface area contributed by atoms with Crippen LogP contribution in [0.15, 0.2) is 36.4 Å². The van der Waals surface area contributed by atoms with Gasteiger partial charge in [0.1, 0.15) is 5.60 Å². The Bertz CT molecular complexity index is 653. The van der Waals surface area contributed by atoms with E-state index in [1.807, 2.05) is 37.4 Å². The van der Waals surface area contributed by atoms with Crippen LogP contribution in [-0.4, -0.2) is 17.6 Å². The third-order valence-corrected chi connectivity index (χ3v) is 3.41. The Morgan fingerprint density at radius 3 is 2.86 bits per heavy atom. The van der Waals surface area contributed by atoms with Crippen LogP contribution in [0.5, 0.6) is 17.4 Å². The number of aromatic nitrogens is 1. The van der Waals surface area contributed by atoms with Gasteiger partial charge in [-0.2, -0.15) is 0 Å². The number of ether oxygens (including phenoxy) is 2. The van der Waals surface area contributed by atoms with Crippen molar-refractivity contribution in [2.24, 2.45) is 0 Å². The fourth-order valence-electron chi connectivity index (χ4n) is 2.57. The number of pyridine rings is 1. The molecule has 4 nitrogen and oxygen atoms in total. The molecule has 21 heavy (non-hydrogen) atoms. The fourth-order valence-corrected chi connectivity index (χ4v) is 2.57. The van der Waals surface area contributed by atoms with Crippen LogP contribution in [0, 0.1) is 0 Å². The Hall–Kier alpha value is -2.07. The van der Waals surface area contributed by atoms with Gasteiger partial charge in [-0.1, -0.05) is 18.2 Å². The molecule has 0 saturated heterocycles. The number of benzene rings is 1. The molecule has 2 aromatic rings. The van der Waals surface area contributed by atoms with E-state index in [1.165, 1.54) is 5.56 Å². The number of fused-ring (bicyclic) bond motifs is 1. The standard InChI is InChI=1S/C17H20N2O2/c1-17(2)10-12-6-4-8-14(16(12)21-17)20-15-9-5-7-13(19-15)11-18-3/h4-9,18H,10-11H2,1-3H3. The van der Waals surface area contributed by atoms with E-state index in [0.717, 1.165) is 23.6 Å². The molecule has 0 aliphatic carbocycles. The lowest BCUT2D eigenvalue weighted by Gasteiger charge is -2.18. The highest BCUT2D eigenvalue weighted by Gasteiger charge is 2.32. The van der Waals surface area contributed by atoms with Crippen molar-refractivity contribution >= 4 is 0 Å². The Kier molecular flexibility index (Phi) is 3.55. The minimum atomic E-state index is -0.177. The maximum absolute atomic E-state index is 6.01. The molecule has 2 heterocycles. The van der Waals surface area contributed by atoms with E-state index >= 15 is 0 Å². The van der Waals surface area contributed by atoms with Crippen molar-refractivity contribution in [3.63, 3.8) is 0 Å². The quantitative estimate of drug-likeness (QED) is 0.935. The van der Waals surface area contributed by atoms with Crippen LogP contribution in [0.3, 0.4) is 0 Å². The zero-order valence-electron chi connectivity index (χ0n) is 12.6. The minimum Gasteiger partial charge on any atom is -0.483 e. The predicted octanol–water partition coefficient (Wildman–Crippen LogP) is 3.31. The zero-order valence-corrected chi connectivity index (χ0v) is 12.6. The topological polar surface area (TPSA) is 43.4 Å². The van der Waals surface area contributed by atoms with Crippen LogP contribution in [0.25, 0.3) is 0 Å². The average Bonchev–Trinajstić information content (AvgIpc) is 2.75. The van der Waals surface area contributed by atoms with E-state index in [0.29, 0.717) is 12.4 Å². The van der Waals surface area contributed by atoms with Gasteiger partial charge >= 0.3 is 0 Å². The molecular formula is C17H20N2O2. The monoisotopic (exact) mass is 284 g/mol. The Balaban J connectivity index is 1.87. The summed E-state index contributed by atoms with van der Waals surface area (Å²) in [7, 11) is 1.90. The molecule has 110 valence electrons. The van der Waals surface area contributed by atoms with Gasteiger partial charge in [0.2, 0.25) is 5.88 Å². The second-order valence-corrected chi connectivity index (χ2v) is 5.88. The van der Waals surface area contributed by atoms with Crippen LogP contribution >= 0.6 is 0 Å². The second kappa shape index (κ2) is 5.37. The molecule has 1 aromatic carbocycles. The van der Waals surface area contributed by atoms with E-state index in [2.05, 4.69) is 30.2 Å². The number of hydrogen-bond acceptors (Lipinski definition) is 4. The van der Waals surface area contributed by atoms with Crippen molar-refractivity contribution < 1.29 is 9.47 Å². The molecule has 0 atom stereocenters. The molecule has 1 N–H and O–H groups in total. The molecule has 1 aliphatic rings. The summed E-state index contributed by atoms with van der Waals surface area (Å²) in [4.78, 5) is 4.48. The highest BCUT2D eigenvalue weighted by Crippen LogP contribution is 2.42. The first-order chi connectivity index (χ1) is 10.1. The van der Waals surface area contributed by atoms with E-state index in [9.17, 15) is 0 Å². The van der Waals surface area contributed by atoms with Crippen molar-refractivity contribution in [1.82, 2.24) is 10.3 Å². The summed E-state index contributed by atoms with van der Waals surface area (Å²) in [6, 6.07) is 11.8. The van der Waals surface area contributed by atoms with Gasteiger partial charge in [-0.05, 0) is 33.0 Å². The number of nitrogens with zero attached hydrogens (tertiary/aromatic N) is 1. The molecule has 0 bridgehead atoms. The summed E-state index contributed by atoms with van der Waals surface area (Å²) in [5, 5.41) is 3.08. The van der Waals surface area contributed by atoms with E-state index < -0.39 is 0 Å². The van der Waals surface area contributed by atoms with E-state index in [-0.39, 0.29) is 5.60 Å². The summed E-state index contributed by atoms with van der Waals surface area (Å²) < 4.78 is 11.9. The lowest BCUT2D eigenvalue weighted by atomic mass is 10.0. The number of rotatable bonds is 4. The minimum absolute atomic E-state index is 0.177. The molecular weight excluding hydrogens is 264 g/mol. The number of nitrogens with one attached hydrogen (secondary N) is 1. The van der Waals surface area contributed by atoms with Crippen LogP contribution in [0.1, 0.15) is 25.1 Å². The second-order valence-electron chi connectivity index (χ2n) is 5.88. The van der Waals surface area contributed by atoms with Crippen molar-refractivity contribution in [2.75, 3.05) is 7.05 Å². The normalized spacial score (nSPS) is 15.4. The number of hydrogen-bond donors (Lipinski definition) is 1. The van der Waals surface area contributed by atoms with Crippen molar-refractivity contribution in [1.29, 1.82) is 0 Å². The Labute approximate surface area is 125 Å². The van der Waals surface area contributed by atoms with Crippen molar-refractivity contribution in [3.05, 3.63) is 47.7 Å². The fraction of sp³-hybridized carbons (Fsp3) is 0.353. The van der Waals surface area contributed by atoms with Gasteiger partial charge in [0, 0.05) is 24.6 Å². The van der Waals surface area contributed by atoms with Gasteiger partial charge < -0.3 is 14.8 Å². The average molecular weight is 284 g/mol. The Morgan fingerprint density at radius 1 is 1.24 bits per heavy atom. The molecule has 0 spiro atoms. The predicted molar refractivity (Wildman–Crippen MR) is 81.9 cm³/mol.